The molecule has 0 atom stereocenters. The van der Waals surface area contributed by atoms with E-state index in [-0.39, 0.29) is 5.25 Å². The summed E-state index contributed by atoms with van der Waals surface area (Å²) in [7, 11) is -3.30. The number of aromatic nitrogens is 4. The molecular formula is C21H25N7O2S. The summed E-state index contributed by atoms with van der Waals surface area (Å²) >= 11 is 0. The van der Waals surface area contributed by atoms with Crippen LogP contribution in [0.1, 0.15) is 18.5 Å². The van der Waals surface area contributed by atoms with Gasteiger partial charge in [-0.15, -0.1) is 5.10 Å². The Morgan fingerprint density at radius 2 is 1.74 bits per heavy atom. The Labute approximate surface area is 181 Å². The molecule has 0 amide bonds. The van der Waals surface area contributed by atoms with Gasteiger partial charge in [0.25, 0.3) is 0 Å². The first-order chi connectivity index (χ1) is 15.1. The van der Waals surface area contributed by atoms with Crippen LogP contribution in [0.15, 0.2) is 54.7 Å². The van der Waals surface area contributed by atoms with Crippen LogP contribution in [0.5, 0.6) is 0 Å². The number of nitrogens with zero attached hydrogens (tertiary/aromatic N) is 6. The van der Waals surface area contributed by atoms with Crippen LogP contribution in [-0.4, -0.2) is 64.7 Å². The molecule has 2 aliphatic rings. The molecule has 1 N–H and O–H groups in total. The van der Waals surface area contributed by atoms with Gasteiger partial charge in [0.05, 0.1) is 22.8 Å². The second-order valence-electron chi connectivity index (χ2n) is 7.98. The molecule has 1 aromatic carbocycles. The maximum Gasteiger partial charge on any atom is 0.236 e. The van der Waals surface area contributed by atoms with E-state index in [4.69, 9.17) is 0 Å². The molecule has 0 bridgehead atoms. The predicted molar refractivity (Wildman–Crippen MR) is 119 cm³/mol. The lowest BCUT2D eigenvalue weighted by Gasteiger charge is -2.35. The maximum atomic E-state index is 12.2. The van der Waals surface area contributed by atoms with Crippen LogP contribution in [0.4, 0.5) is 11.6 Å². The summed E-state index contributed by atoms with van der Waals surface area (Å²) in [5.74, 6) is 1.19. The van der Waals surface area contributed by atoms with Gasteiger partial charge in [-0.1, -0.05) is 29.5 Å². The summed E-state index contributed by atoms with van der Waals surface area (Å²) in [5.41, 5.74) is 1.93. The van der Waals surface area contributed by atoms with Crippen LogP contribution >= 0.6 is 0 Å². The van der Waals surface area contributed by atoms with Gasteiger partial charge in [0.1, 0.15) is 11.6 Å². The first-order valence-electron chi connectivity index (χ1n) is 10.5. The van der Waals surface area contributed by atoms with Crippen molar-refractivity contribution in [3.05, 3.63) is 60.4 Å². The Balaban J connectivity index is 1.17. The zero-order valence-electron chi connectivity index (χ0n) is 17.1. The number of para-hydroxylation sites is 1. The summed E-state index contributed by atoms with van der Waals surface area (Å²) < 4.78 is 28.8. The van der Waals surface area contributed by atoms with Gasteiger partial charge in [-0.25, -0.2) is 18.1 Å². The molecule has 5 rings (SSSR count). The minimum Gasteiger partial charge on any atom is -0.354 e. The number of hydrogen-bond acceptors (Lipinski definition) is 7. The van der Waals surface area contributed by atoms with Crippen LogP contribution in [0.3, 0.4) is 0 Å². The van der Waals surface area contributed by atoms with E-state index in [1.54, 1.807) is 10.7 Å². The number of benzene rings is 1. The number of nitrogens with one attached hydrogen (secondary N) is 1. The molecule has 0 unspecified atom stereocenters. The highest BCUT2D eigenvalue weighted by Crippen LogP contribution is 2.29. The van der Waals surface area contributed by atoms with E-state index in [9.17, 15) is 8.42 Å². The molecule has 31 heavy (non-hydrogen) atoms. The van der Waals surface area contributed by atoms with E-state index in [1.165, 1.54) is 0 Å². The molecule has 9 nitrogen and oxygen atoms in total. The SMILES string of the molecule is O=S(=O)(Nc1cccc(N2CCN(Cc3cn(-c4ccccc4)nn3)CC2)n1)C1CC1. The van der Waals surface area contributed by atoms with Crippen LogP contribution < -0.4 is 9.62 Å². The van der Waals surface area contributed by atoms with E-state index in [0.29, 0.717) is 5.82 Å². The van der Waals surface area contributed by atoms with Crippen molar-refractivity contribution < 1.29 is 8.42 Å². The number of anilines is 2. The Bertz CT molecular complexity index is 1140. The fourth-order valence-corrected chi connectivity index (χ4v) is 5.03. The molecule has 2 fully saturated rings. The highest BCUT2D eigenvalue weighted by atomic mass is 32.2. The monoisotopic (exact) mass is 439 g/mol. The summed E-state index contributed by atoms with van der Waals surface area (Å²) in [6.07, 6.45) is 3.44. The van der Waals surface area contributed by atoms with Crippen LogP contribution in [0, 0.1) is 0 Å². The second kappa shape index (κ2) is 8.27. The number of sulfonamides is 1. The summed E-state index contributed by atoms with van der Waals surface area (Å²) in [4.78, 5) is 9.06. The Morgan fingerprint density at radius 1 is 0.968 bits per heavy atom. The lowest BCUT2D eigenvalue weighted by Crippen LogP contribution is -2.46. The molecule has 0 spiro atoms. The Kier molecular flexibility index (Phi) is 5.33. The molecule has 1 aliphatic carbocycles. The van der Waals surface area contributed by atoms with E-state index in [1.807, 2.05) is 48.7 Å². The topological polar surface area (TPSA) is 96.2 Å². The molecule has 0 radical (unpaired) electrons. The van der Waals surface area contributed by atoms with Crippen molar-refractivity contribution in [1.82, 2.24) is 24.9 Å². The average Bonchev–Trinajstić information content (AvgIpc) is 3.56. The third-order valence-electron chi connectivity index (χ3n) is 5.59. The minimum absolute atomic E-state index is 0.263. The largest absolute Gasteiger partial charge is 0.354 e. The fraction of sp³-hybridized carbons (Fsp3) is 0.381. The third kappa shape index (κ3) is 4.70. The van der Waals surface area contributed by atoms with Gasteiger partial charge in [0.2, 0.25) is 10.0 Å². The van der Waals surface area contributed by atoms with Crippen molar-refractivity contribution in [2.24, 2.45) is 0 Å². The van der Waals surface area contributed by atoms with Crippen molar-refractivity contribution in [1.29, 1.82) is 0 Å². The maximum absolute atomic E-state index is 12.2. The highest BCUT2D eigenvalue weighted by molar-refractivity contribution is 7.93. The van der Waals surface area contributed by atoms with Gasteiger partial charge in [-0.2, -0.15) is 0 Å². The summed E-state index contributed by atoms with van der Waals surface area (Å²) in [6, 6.07) is 15.4. The van der Waals surface area contributed by atoms with E-state index in [2.05, 4.69) is 29.8 Å². The van der Waals surface area contributed by atoms with Crippen LogP contribution in [0.2, 0.25) is 0 Å². The highest BCUT2D eigenvalue weighted by Gasteiger charge is 2.36. The van der Waals surface area contributed by atoms with Crippen LogP contribution in [-0.2, 0) is 16.6 Å². The van der Waals surface area contributed by atoms with Gasteiger partial charge in [-0.3, -0.25) is 9.62 Å². The summed E-state index contributed by atoms with van der Waals surface area (Å²) in [6.45, 7) is 4.13. The smallest absolute Gasteiger partial charge is 0.236 e. The molecule has 2 aromatic heterocycles. The molecule has 10 heteroatoms. The quantitative estimate of drug-likeness (QED) is 0.600. The number of rotatable bonds is 7. The molecule has 1 aliphatic heterocycles. The van der Waals surface area contributed by atoms with Crippen molar-refractivity contribution in [3.8, 4) is 5.69 Å². The summed E-state index contributed by atoms with van der Waals surface area (Å²) in [5, 5.41) is 8.28. The zero-order chi connectivity index (χ0) is 21.3. The van der Waals surface area contributed by atoms with Gasteiger partial charge in [0, 0.05) is 32.7 Å². The first-order valence-corrected chi connectivity index (χ1v) is 12.0. The molecule has 162 valence electrons. The van der Waals surface area contributed by atoms with Crippen LogP contribution in [0.25, 0.3) is 5.69 Å². The standard InChI is InChI=1S/C21H25N7O2S/c29-31(30,19-9-10-19)24-20-7-4-8-21(22-20)27-13-11-26(12-14-27)15-17-16-28(25-23-17)18-5-2-1-3-6-18/h1-8,16,19H,9-15H2,(H,22,24). The zero-order valence-corrected chi connectivity index (χ0v) is 17.9. The normalized spacial score (nSPS) is 17.6. The molecule has 3 heterocycles. The molecular weight excluding hydrogens is 414 g/mol. The molecule has 3 aromatic rings. The van der Waals surface area contributed by atoms with Crippen molar-refractivity contribution in [2.45, 2.75) is 24.6 Å². The third-order valence-corrected chi connectivity index (χ3v) is 7.43. The first kappa shape index (κ1) is 20.0. The van der Waals surface area contributed by atoms with E-state index < -0.39 is 10.0 Å². The number of piperazine rings is 1. The van der Waals surface area contributed by atoms with Gasteiger partial charge < -0.3 is 4.90 Å². The van der Waals surface area contributed by atoms with Gasteiger partial charge >= 0.3 is 0 Å². The predicted octanol–water partition coefficient (Wildman–Crippen LogP) is 1.89. The second-order valence-corrected chi connectivity index (χ2v) is 9.94. The number of pyridine rings is 1. The van der Waals surface area contributed by atoms with E-state index >= 15 is 0 Å². The Morgan fingerprint density at radius 3 is 2.48 bits per heavy atom. The van der Waals surface area contributed by atoms with E-state index in [0.717, 1.165) is 62.8 Å². The molecule has 1 saturated carbocycles. The average molecular weight is 440 g/mol. The molecule has 1 saturated heterocycles. The van der Waals surface area contributed by atoms with Crippen molar-refractivity contribution in [3.63, 3.8) is 0 Å². The minimum atomic E-state index is -3.30. The lowest BCUT2D eigenvalue weighted by molar-refractivity contribution is 0.246. The van der Waals surface area contributed by atoms with Gasteiger partial charge in [-0.05, 0) is 37.1 Å². The van der Waals surface area contributed by atoms with Crippen molar-refractivity contribution >= 4 is 21.7 Å². The lowest BCUT2D eigenvalue weighted by atomic mass is 10.3. The van der Waals surface area contributed by atoms with Gasteiger partial charge in [0.15, 0.2) is 0 Å². The van der Waals surface area contributed by atoms with Crippen molar-refractivity contribution in [2.75, 3.05) is 35.8 Å². The fourth-order valence-electron chi connectivity index (χ4n) is 3.71. The Hall–Kier alpha value is -2.98. The number of hydrogen-bond donors (Lipinski definition) is 1.